The normalized spacial score (nSPS) is 17.3. The molecule has 0 aliphatic carbocycles. The van der Waals surface area contributed by atoms with Crippen LogP contribution in [0, 0.1) is 0 Å². The highest BCUT2D eigenvalue weighted by Gasteiger charge is 2.18. The molecule has 1 saturated heterocycles. The summed E-state index contributed by atoms with van der Waals surface area (Å²) in [5, 5.41) is 3.12. The van der Waals surface area contributed by atoms with E-state index in [0.29, 0.717) is 12.1 Å². The molecule has 1 aliphatic heterocycles. The van der Waals surface area contributed by atoms with Crippen LogP contribution in [0.4, 0.5) is 0 Å². The van der Waals surface area contributed by atoms with Crippen molar-refractivity contribution in [1.82, 2.24) is 5.32 Å². The highest BCUT2D eigenvalue weighted by Crippen LogP contribution is 2.35. The van der Waals surface area contributed by atoms with Crippen molar-refractivity contribution in [3.8, 4) is 5.75 Å². The molecule has 7 heteroatoms. The lowest BCUT2D eigenvalue weighted by Gasteiger charge is -2.14. The molecule has 22 heavy (non-hydrogen) atoms. The summed E-state index contributed by atoms with van der Waals surface area (Å²) >= 11 is 12.0. The maximum Gasteiger partial charge on any atom is 0.258 e. The number of hydrogen-bond donors (Lipinski definition) is 1. The van der Waals surface area contributed by atoms with Crippen molar-refractivity contribution >= 4 is 34.9 Å². The molecule has 0 aromatic heterocycles. The van der Waals surface area contributed by atoms with Gasteiger partial charge in [0.05, 0.1) is 16.7 Å². The fraction of sp³-hybridized carbons (Fsp3) is 0.467. The molecule has 1 heterocycles. The van der Waals surface area contributed by atoms with Crippen LogP contribution in [0.2, 0.25) is 10.0 Å². The predicted octanol–water partition coefficient (Wildman–Crippen LogP) is 2.87. The van der Waals surface area contributed by atoms with E-state index in [1.54, 1.807) is 0 Å². The Morgan fingerprint density at radius 1 is 1.41 bits per heavy atom. The first-order chi connectivity index (χ1) is 10.5. The lowest BCUT2D eigenvalue weighted by atomic mass is 10.1. The molecule has 1 atom stereocenters. The number of carbonyl (C=O) groups excluding carboxylic acids is 2. The summed E-state index contributed by atoms with van der Waals surface area (Å²) in [4.78, 5) is 23.4. The number of ketones is 1. The molecule has 0 unspecified atom stereocenters. The highest BCUT2D eigenvalue weighted by molar-refractivity contribution is 6.43. The van der Waals surface area contributed by atoms with E-state index >= 15 is 0 Å². The van der Waals surface area contributed by atoms with Gasteiger partial charge in [-0.05, 0) is 31.9 Å². The number of hydrogen-bond acceptors (Lipinski definition) is 4. The van der Waals surface area contributed by atoms with Crippen molar-refractivity contribution in [3.63, 3.8) is 0 Å². The van der Waals surface area contributed by atoms with E-state index in [1.807, 2.05) is 0 Å². The molecule has 1 aromatic rings. The summed E-state index contributed by atoms with van der Waals surface area (Å²) in [7, 11) is 0. The van der Waals surface area contributed by atoms with Gasteiger partial charge >= 0.3 is 0 Å². The van der Waals surface area contributed by atoms with Gasteiger partial charge in [0.25, 0.3) is 5.91 Å². The van der Waals surface area contributed by atoms with Gasteiger partial charge in [0.2, 0.25) is 0 Å². The lowest BCUT2D eigenvalue weighted by Crippen LogP contribution is -2.35. The number of halogens is 2. The summed E-state index contributed by atoms with van der Waals surface area (Å²) in [6.45, 7) is 2.33. The molecule has 0 bridgehead atoms. The van der Waals surface area contributed by atoms with Crippen molar-refractivity contribution in [1.29, 1.82) is 0 Å². The summed E-state index contributed by atoms with van der Waals surface area (Å²) in [5.41, 5.74) is 0.293. The van der Waals surface area contributed by atoms with Gasteiger partial charge < -0.3 is 14.8 Å². The fourth-order valence-corrected chi connectivity index (χ4v) is 2.54. The second-order valence-corrected chi connectivity index (χ2v) is 5.81. The predicted molar refractivity (Wildman–Crippen MR) is 83.9 cm³/mol. The standard InChI is InChI=1S/C15H17Cl2NO4/c1-9(19)11-4-5-12(16)14(17)15(11)22-8-13(20)18-7-10-3-2-6-21-10/h4-5,10H,2-3,6-8H2,1H3,(H,18,20)/t10-/m0/s1. The van der Waals surface area contributed by atoms with Crippen LogP contribution in [-0.2, 0) is 9.53 Å². The third-order valence-electron chi connectivity index (χ3n) is 3.33. The number of benzene rings is 1. The number of carbonyl (C=O) groups is 2. The number of ether oxygens (including phenoxy) is 2. The van der Waals surface area contributed by atoms with E-state index in [2.05, 4.69) is 5.32 Å². The minimum absolute atomic E-state index is 0.0616. The third kappa shape index (κ3) is 4.35. The first kappa shape index (κ1) is 17.1. The summed E-state index contributed by atoms with van der Waals surface area (Å²) in [5.74, 6) is -0.386. The maximum absolute atomic E-state index is 11.8. The molecule has 5 nitrogen and oxygen atoms in total. The Morgan fingerprint density at radius 2 is 2.18 bits per heavy atom. The molecule has 0 radical (unpaired) electrons. The highest BCUT2D eigenvalue weighted by atomic mass is 35.5. The Morgan fingerprint density at radius 3 is 2.82 bits per heavy atom. The third-order valence-corrected chi connectivity index (χ3v) is 4.11. The minimum atomic E-state index is -0.305. The van der Waals surface area contributed by atoms with Gasteiger partial charge in [-0.1, -0.05) is 23.2 Å². The second-order valence-electron chi connectivity index (χ2n) is 5.02. The van der Waals surface area contributed by atoms with Crippen LogP contribution in [-0.4, -0.2) is 37.6 Å². The van der Waals surface area contributed by atoms with E-state index < -0.39 is 0 Å². The SMILES string of the molecule is CC(=O)c1ccc(Cl)c(Cl)c1OCC(=O)NC[C@@H]1CCCO1. The zero-order valence-corrected chi connectivity index (χ0v) is 13.7. The zero-order valence-electron chi connectivity index (χ0n) is 12.2. The van der Waals surface area contributed by atoms with Crippen LogP contribution in [0.15, 0.2) is 12.1 Å². The van der Waals surface area contributed by atoms with E-state index in [-0.39, 0.29) is 40.2 Å². The Balaban J connectivity index is 1.94. The molecule has 2 rings (SSSR count). The number of rotatable bonds is 6. The molecule has 1 aliphatic rings. The van der Waals surface area contributed by atoms with Gasteiger partial charge in [-0.2, -0.15) is 0 Å². The lowest BCUT2D eigenvalue weighted by molar-refractivity contribution is -0.123. The Kier molecular flexibility index (Phi) is 6.06. The number of amides is 1. The summed E-state index contributed by atoms with van der Waals surface area (Å²) < 4.78 is 10.8. The van der Waals surface area contributed by atoms with E-state index in [4.69, 9.17) is 32.7 Å². The maximum atomic E-state index is 11.8. The van der Waals surface area contributed by atoms with Crippen molar-refractivity contribution in [2.75, 3.05) is 19.8 Å². The van der Waals surface area contributed by atoms with Gasteiger partial charge in [-0.3, -0.25) is 9.59 Å². The van der Waals surface area contributed by atoms with Crippen LogP contribution in [0.3, 0.4) is 0 Å². The van der Waals surface area contributed by atoms with E-state index in [1.165, 1.54) is 19.1 Å². The zero-order chi connectivity index (χ0) is 16.1. The van der Waals surface area contributed by atoms with Crippen LogP contribution < -0.4 is 10.1 Å². The summed E-state index contributed by atoms with van der Waals surface area (Å²) in [6.07, 6.45) is 2.01. The Bertz CT molecular complexity index is 571. The molecule has 1 amide bonds. The molecule has 1 N–H and O–H groups in total. The monoisotopic (exact) mass is 345 g/mol. The first-order valence-electron chi connectivity index (χ1n) is 6.99. The minimum Gasteiger partial charge on any atom is -0.481 e. The Labute approximate surface area is 138 Å². The van der Waals surface area contributed by atoms with E-state index in [0.717, 1.165) is 19.4 Å². The van der Waals surface area contributed by atoms with Crippen molar-refractivity contribution in [2.45, 2.75) is 25.9 Å². The summed E-state index contributed by atoms with van der Waals surface area (Å²) in [6, 6.07) is 3.04. The van der Waals surface area contributed by atoms with Gasteiger partial charge in [-0.25, -0.2) is 0 Å². The van der Waals surface area contributed by atoms with Gasteiger partial charge in [-0.15, -0.1) is 0 Å². The van der Waals surface area contributed by atoms with Crippen LogP contribution in [0.25, 0.3) is 0 Å². The van der Waals surface area contributed by atoms with Gasteiger partial charge in [0.1, 0.15) is 5.02 Å². The van der Waals surface area contributed by atoms with Crippen molar-refractivity contribution in [2.24, 2.45) is 0 Å². The fourth-order valence-electron chi connectivity index (χ4n) is 2.17. The van der Waals surface area contributed by atoms with Crippen LogP contribution >= 0.6 is 23.2 Å². The molecule has 120 valence electrons. The first-order valence-corrected chi connectivity index (χ1v) is 7.74. The molecule has 1 fully saturated rings. The van der Waals surface area contributed by atoms with Gasteiger partial charge in [0, 0.05) is 13.2 Å². The molecular weight excluding hydrogens is 329 g/mol. The quantitative estimate of drug-likeness (QED) is 0.805. The molecule has 1 aromatic carbocycles. The largest absolute Gasteiger partial charge is 0.481 e. The van der Waals surface area contributed by atoms with Crippen molar-refractivity contribution in [3.05, 3.63) is 27.7 Å². The smallest absolute Gasteiger partial charge is 0.258 e. The molecule has 0 saturated carbocycles. The molecule has 0 spiro atoms. The van der Waals surface area contributed by atoms with Crippen LogP contribution in [0.1, 0.15) is 30.1 Å². The number of nitrogens with one attached hydrogen (secondary N) is 1. The Hall–Kier alpha value is -1.30. The van der Waals surface area contributed by atoms with Gasteiger partial charge in [0.15, 0.2) is 18.1 Å². The second kappa shape index (κ2) is 7.81. The number of Topliss-reactive ketones (excluding diaryl/α,β-unsaturated/α-hetero) is 1. The molecular formula is C15H17Cl2NO4. The van der Waals surface area contributed by atoms with E-state index in [9.17, 15) is 9.59 Å². The average molecular weight is 346 g/mol. The topological polar surface area (TPSA) is 64.6 Å². The van der Waals surface area contributed by atoms with Crippen molar-refractivity contribution < 1.29 is 19.1 Å². The van der Waals surface area contributed by atoms with Crippen LogP contribution in [0.5, 0.6) is 5.75 Å². The average Bonchev–Trinajstić information content (AvgIpc) is 2.99.